The molecule has 3 N–H and O–H groups in total. The van der Waals surface area contributed by atoms with E-state index in [1.54, 1.807) is 0 Å². The molecule has 4 saturated carbocycles. The fraction of sp³-hybridized carbons (Fsp3) is 1.00. The van der Waals surface area contributed by atoms with Crippen molar-refractivity contribution < 1.29 is 15.3 Å². The Morgan fingerprint density at radius 2 is 1.55 bits per heavy atom. The zero-order chi connectivity index (χ0) is 15.7. The molecule has 4 fully saturated rings. The molecule has 4 unspecified atom stereocenters. The van der Waals surface area contributed by atoms with Crippen molar-refractivity contribution in [2.24, 2.45) is 34.5 Å². The molecule has 4 aliphatic carbocycles. The minimum absolute atomic E-state index is 0.110. The van der Waals surface area contributed by atoms with Crippen molar-refractivity contribution in [2.45, 2.75) is 83.5 Å². The van der Waals surface area contributed by atoms with Gasteiger partial charge < -0.3 is 15.3 Å². The highest BCUT2D eigenvalue weighted by molar-refractivity contribution is 5.12. The lowest BCUT2D eigenvalue weighted by atomic mass is 9.44. The second-order valence-corrected chi connectivity index (χ2v) is 9.30. The smallest absolute Gasteiger partial charge is 0.0624 e. The van der Waals surface area contributed by atoms with Crippen LogP contribution in [0.4, 0.5) is 0 Å². The molecule has 9 atom stereocenters. The Bertz CT molecular complexity index is 452. The Labute approximate surface area is 134 Å². The summed E-state index contributed by atoms with van der Waals surface area (Å²) in [6.07, 6.45) is 7.46. The molecule has 3 nitrogen and oxygen atoms in total. The molecule has 0 aliphatic heterocycles. The normalized spacial score (nSPS) is 61.2. The Kier molecular flexibility index (Phi) is 3.46. The van der Waals surface area contributed by atoms with Gasteiger partial charge in [-0.3, -0.25) is 0 Å². The van der Waals surface area contributed by atoms with E-state index in [2.05, 4.69) is 13.8 Å². The number of aliphatic hydroxyl groups is 3. The van der Waals surface area contributed by atoms with Crippen LogP contribution in [0.1, 0.15) is 65.2 Å². The summed E-state index contributed by atoms with van der Waals surface area (Å²) in [5.74, 6) is 2.36. The summed E-state index contributed by atoms with van der Waals surface area (Å²) in [4.78, 5) is 0. The Morgan fingerprint density at radius 3 is 2.32 bits per heavy atom. The fourth-order valence-electron chi connectivity index (χ4n) is 7.19. The molecule has 0 saturated heterocycles. The van der Waals surface area contributed by atoms with Crippen LogP contribution >= 0.6 is 0 Å². The molecule has 126 valence electrons. The minimum Gasteiger partial charge on any atom is -0.393 e. The van der Waals surface area contributed by atoms with Crippen molar-refractivity contribution in [2.75, 3.05) is 0 Å². The van der Waals surface area contributed by atoms with E-state index >= 15 is 0 Å². The number of rotatable bonds is 0. The summed E-state index contributed by atoms with van der Waals surface area (Å²) in [7, 11) is 0. The van der Waals surface area contributed by atoms with E-state index in [0.717, 1.165) is 38.5 Å². The minimum atomic E-state index is -0.362. The average Bonchev–Trinajstić information content (AvgIpc) is 2.79. The van der Waals surface area contributed by atoms with Gasteiger partial charge in [0.2, 0.25) is 0 Å². The topological polar surface area (TPSA) is 60.7 Å². The lowest BCUT2D eigenvalue weighted by Gasteiger charge is -2.61. The molecule has 4 rings (SSSR count). The van der Waals surface area contributed by atoms with Crippen molar-refractivity contribution >= 4 is 0 Å². The van der Waals surface area contributed by atoms with Gasteiger partial charge in [-0.05, 0) is 80.5 Å². The number of aliphatic hydroxyl groups excluding tert-OH is 3. The Balaban J connectivity index is 1.66. The van der Waals surface area contributed by atoms with Crippen LogP contribution in [0.25, 0.3) is 0 Å². The third kappa shape index (κ3) is 1.85. The SMILES string of the molecule is C[C@@]12C(O)CC[C@H]1[C@@H]1CCC3CC(O)CC[C@]3(C)[C@H]1CC2O. The molecule has 0 amide bonds. The first-order valence-electron chi connectivity index (χ1n) is 9.41. The van der Waals surface area contributed by atoms with Gasteiger partial charge in [-0.1, -0.05) is 13.8 Å². The molecule has 4 aliphatic rings. The molecular formula is C19H32O3. The number of hydrogen-bond donors (Lipinski definition) is 3. The standard InChI is InChI=1S/C19H32O3/c1-18-8-7-12(20)9-11(18)3-4-13-14-5-6-16(21)19(14,2)17(22)10-15(13)18/h11-17,20-22H,3-10H2,1-2H3/t11?,12?,13-,14-,15-,16?,17?,18-,19-/m0/s1. The van der Waals surface area contributed by atoms with Crippen molar-refractivity contribution in [3.63, 3.8) is 0 Å². The second-order valence-electron chi connectivity index (χ2n) is 9.30. The first-order chi connectivity index (χ1) is 10.4. The molecular weight excluding hydrogens is 276 g/mol. The molecule has 0 aromatic heterocycles. The lowest BCUT2D eigenvalue weighted by molar-refractivity contribution is -0.180. The maximum absolute atomic E-state index is 10.9. The first kappa shape index (κ1) is 15.4. The quantitative estimate of drug-likeness (QED) is 0.645. The summed E-state index contributed by atoms with van der Waals surface area (Å²) in [6, 6.07) is 0. The van der Waals surface area contributed by atoms with Crippen LogP contribution < -0.4 is 0 Å². The van der Waals surface area contributed by atoms with Gasteiger partial charge in [-0.15, -0.1) is 0 Å². The number of hydrogen-bond acceptors (Lipinski definition) is 3. The molecule has 0 spiro atoms. The van der Waals surface area contributed by atoms with E-state index in [9.17, 15) is 15.3 Å². The molecule has 22 heavy (non-hydrogen) atoms. The highest BCUT2D eigenvalue weighted by atomic mass is 16.3. The molecule has 0 radical (unpaired) electrons. The van der Waals surface area contributed by atoms with E-state index in [0.29, 0.717) is 23.7 Å². The van der Waals surface area contributed by atoms with Crippen LogP contribution in [0, 0.1) is 34.5 Å². The molecule has 0 heterocycles. The number of fused-ring (bicyclic) bond motifs is 5. The van der Waals surface area contributed by atoms with Gasteiger partial charge in [0.05, 0.1) is 18.3 Å². The highest BCUT2D eigenvalue weighted by Crippen LogP contribution is 2.66. The Hall–Kier alpha value is -0.120. The monoisotopic (exact) mass is 308 g/mol. The van der Waals surface area contributed by atoms with E-state index in [1.807, 2.05) is 0 Å². The summed E-state index contributed by atoms with van der Waals surface area (Å²) < 4.78 is 0. The molecule has 3 heteroatoms. The van der Waals surface area contributed by atoms with Crippen LogP contribution in [0.15, 0.2) is 0 Å². The summed E-state index contributed by atoms with van der Waals surface area (Å²) in [6.45, 7) is 4.57. The average molecular weight is 308 g/mol. The second kappa shape index (κ2) is 4.94. The molecule has 0 aromatic rings. The maximum atomic E-state index is 10.9. The molecule has 0 aromatic carbocycles. The predicted octanol–water partition coefficient (Wildman–Crippen LogP) is 2.72. The van der Waals surface area contributed by atoms with Gasteiger partial charge in [-0.25, -0.2) is 0 Å². The Morgan fingerprint density at radius 1 is 0.773 bits per heavy atom. The van der Waals surface area contributed by atoms with Crippen LogP contribution in [0.3, 0.4) is 0 Å². The zero-order valence-corrected chi connectivity index (χ0v) is 14.0. The van der Waals surface area contributed by atoms with E-state index in [1.165, 1.54) is 12.8 Å². The largest absolute Gasteiger partial charge is 0.393 e. The summed E-state index contributed by atoms with van der Waals surface area (Å²) in [5, 5.41) is 31.4. The van der Waals surface area contributed by atoms with Gasteiger partial charge in [0, 0.05) is 5.41 Å². The van der Waals surface area contributed by atoms with Crippen molar-refractivity contribution in [1.29, 1.82) is 0 Å². The van der Waals surface area contributed by atoms with Crippen molar-refractivity contribution in [3.05, 3.63) is 0 Å². The lowest BCUT2D eigenvalue weighted by Crippen LogP contribution is -2.59. The van der Waals surface area contributed by atoms with Gasteiger partial charge in [0.15, 0.2) is 0 Å². The van der Waals surface area contributed by atoms with Crippen molar-refractivity contribution in [1.82, 2.24) is 0 Å². The fourth-order valence-corrected chi connectivity index (χ4v) is 7.19. The predicted molar refractivity (Wildman–Crippen MR) is 85.1 cm³/mol. The van der Waals surface area contributed by atoms with Gasteiger partial charge >= 0.3 is 0 Å². The summed E-state index contributed by atoms with van der Waals surface area (Å²) in [5.41, 5.74) is 0.0105. The first-order valence-corrected chi connectivity index (χ1v) is 9.41. The third-order valence-corrected chi connectivity index (χ3v) is 8.70. The van der Waals surface area contributed by atoms with E-state index < -0.39 is 0 Å². The summed E-state index contributed by atoms with van der Waals surface area (Å²) >= 11 is 0. The van der Waals surface area contributed by atoms with Gasteiger partial charge in [0.1, 0.15) is 0 Å². The van der Waals surface area contributed by atoms with Gasteiger partial charge in [0.25, 0.3) is 0 Å². The van der Waals surface area contributed by atoms with Crippen LogP contribution in [-0.2, 0) is 0 Å². The maximum Gasteiger partial charge on any atom is 0.0624 e. The highest BCUT2D eigenvalue weighted by Gasteiger charge is 2.63. The van der Waals surface area contributed by atoms with Crippen LogP contribution in [0.2, 0.25) is 0 Å². The van der Waals surface area contributed by atoms with E-state index in [4.69, 9.17) is 0 Å². The molecule has 0 bridgehead atoms. The van der Waals surface area contributed by atoms with Crippen LogP contribution in [0.5, 0.6) is 0 Å². The van der Waals surface area contributed by atoms with Crippen LogP contribution in [-0.4, -0.2) is 33.6 Å². The van der Waals surface area contributed by atoms with Gasteiger partial charge in [-0.2, -0.15) is 0 Å². The van der Waals surface area contributed by atoms with Crippen molar-refractivity contribution in [3.8, 4) is 0 Å². The third-order valence-electron chi connectivity index (χ3n) is 8.70. The van der Waals surface area contributed by atoms with E-state index in [-0.39, 0.29) is 29.1 Å². The zero-order valence-electron chi connectivity index (χ0n) is 14.0.